The molecule has 0 bridgehead atoms. The first-order valence-corrected chi connectivity index (χ1v) is 12.0. The van der Waals surface area contributed by atoms with Crippen molar-refractivity contribution in [1.82, 2.24) is 15.3 Å². The normalized spacial score (nSPS) is 19.9. The van der Waals surface area contributed by atoms with E-state index in [0.29, 0.717) is 17.4 Å². The van der Waals surface area contributed by atoms with E-state index in [0.717, 1.165) is 56.0 Å². The van der Waals surface area contributed by atoms with Gasteiger partial charge in [0, 0.05) is 29.8 Å². The molecule has 2 aliphatic carbocycles. The van der Waals surface area contributed by atoms with Crippen molar-refractivity contribution in [1.29, 1.82) is 0 Å². The van der Waals surface area contributed by atoms with Crippen LogP contribution in [0.3, 0.4) is 0 Å². The van der Waals surface area contributed by atoms with Gasteiger partial charge >= 0.3 is 0 Å². The van der Waals surface area contributed by atoms with Crippen LogP contribution < -0.4 is 10.1 Å². The lowest BCUT2D eigenvalue weighted by atomic mass is 10.1. The summed E-state index contributed by atoms with van der Waals surface area (Å²) in [4.78, 5) is 21.8. The fourth-order valence-electron chi connectivity index (χ4n) is 3.76. The highest BCUT2D eigenvalue weighted by molar-refractivity contribution is 7.93. The van der Waals surface area contributed by atoms with E-state index in [1.54, 1.807) is 13.1 Å². The Balaban J connectivity index is 1.79. The molecule has 0 spiro atoms. The smallest absolute Gasteiger partial charge is 0.258 e. The predicted octanol–water partition coefficient (Wildman–Crippen LogP) is 3.13. The molecular weight excluding hydrogens is 378 g/mol. The first-order chi connectivity index (χ1) is 13.3. The van der Waals surface area contributed by atoms with Crippen molar-refractivity contribution < 1.29 is 17.9 Å². The van der Waals surface area contributed by atoms with Crippen molar-refractivity contribution >= 4 is 15.7 Å². The second kappa shape index (κ2) is 9.03. The van der Waals surface area contributed by atoms with Crippen LogP contribution in [0.5, 0.6) is 5.88 Å². The van der Waals surface area contributed by atoms with Gasteiger partial charge in [-0.15, -0.1) is 0 Å². The molecule has 0 aliphatic heterocycles. The SMILES string of the molecule is C[C@@H](/C=C/S(C)(=O)=O)NC(=O)c1cnc(C2CCCC2)nc1OC1CCCC1. The van der Waals surface area contributed by atoms with Crippen LogP contribution in [0.1, 0.15) is 80.4 Å². The third-order valence-corrected chi connectivity index (χ3v) is 5.94. The number of nitrogens with zero attached hydrogens (tertiary/aromatic N) is 2. The van der Waals surface area contributed by atoms with Gasteiger partial charge < -0.3 is 10.1 Å². The largest absolute Gasteiger partial charge is 0.474 e. The van der Waals surface area contributed by atoms with Crippen molar-refractivity contribution in [2.75, 3.05) is 6.26 Å². The minimum Gasteiger partial charge on any atom is -0.474 e. The molecule has 1 heterocycles. The maximum atomic E-state index is 12.8. The monoisotopic (exact) mass is 407 g/mol. The zero-order chi connectivity index (χ0) is 20.1. The van der Waals surface area contributed by atoms with Crippen LogP contribution in [0.15, 0.2) is 17.7 Å². The van der Waals surface area contributed by atoms with Crippen LogP contribution in [-0.4, -0.2) is 42.7 Å². The minimum atomic E-state index is -3.24. The molecule has 2 saturated carbocycles. The van der Waals surface area contributed by atoms with Crippen molar-refractivity contribution in [2.45, 2.75) is 76.4 Å². The molecule has 1 aromatic rings. The molecule has 0 unspecified atom stereocenters. The summed E-state index contributed by atoms with van der Waals surface area (Å²) < 4.78 is 28.6. The van der Waals surface area contributed by atoms with Crippen molar-refractivity contribution in [3.05, 3.63) is 29.1 Å². The first kappa shape index (κ1) is 20.8. The van der Waals surface area contributed by atoms with E-state index in [1.807, 2.05) is 0 Å². The quantitative estimate of drug-likeness (QED) is 0.746. The van der Waals surface area contributed by atoms with Gasteiger partial charge in [0.25, 0.3) is 5.91 Å². The van der Waals surface area contributed by atoms with E-state index < -0.39 is 15.9 Å². The van der Waals surface area contributed by atoms with Crippen LogP contribution in [0.4, 0.5) is 0 Å². The second-order valence-corrected chi connectivity index (χ2v) is 9.80. The molecule has 0 saturated heterocycles. The fourth-order valence-corrected chi connectivity index (χ4v) is 4.28. The van der Waals surface area contributed by atoms with Gasteiger partial charge in [0.1, 0.15) is 17.5 Å². The zero-order valence-electron chi connectivity index (χ0n) is 16.6. The number of ether oxygens (including phenoxy) is 1. The van der Waals surface area contributed by atoms with Crippen molar-refractivity contribution in [3.63, 3.8) is 0 Å². The topological polar surface area (TPSA) is 98.2 Å². The third-order valence-electron chi connectivity index (χ3n) is 5.29. The van der Waals surface area contributed by atoms with Crippen molar-refractivity contribution in [2.24, 2.45) is 0 Å². The second-order valence-electron chi connectivity index (χ2n) is 7.87. The van der Waals surface area contributed by atoms with Crippen LogP contribution in [0.2, 0.25) is 0 Å². The van der Waals surface area contributed by atoms with Crippen LogP contribution in [0, 0.1) is 0 Å². The number of hydrogen-bond donors (Lipinski definition) is 1. The van der Waals surface area contributed by atoms with E-state index in [4.69, 9.17) is 4.74 Å². The highest BCUT2D eigenvalue weighted by atomic mass is 32.2. The molecule has 0 aromatic carbocycles. The molecule has 2 fully saturated rings. The average molecular weight is 408 g/mol. The summed E-state index contributed by atoms with van der Waals surface area (Å²) in [7, 11) is -3.24. The number of carbonyl (C=O) groups excluding carboxylic acids is 1. The standard InChI is InChI=1S/C20H29N3O4S/c1-14(11-12-28(2,25)26)22-19(24)17-13-21-18(15-7-3-4-8-15)23-20(17)27-16-9-5-6-10-16/h11-16H,3-10H2,1-2H3,(H,22,24)/b12-11+/t14-/m0/s1. The molecule has 28 heavy (non-hydrogen) atoms. The number of aromatic nitrogens is 2. The Morgan fingerprint density at radius 1 is 1.21 bits per heavy atom. The zero-order valence-corrected chi connectivity index (χ0v) is 17.4. The Labute approximate surface area is 166 Å². The van der Waals surface area contributed by atoms with E-state index in [9.17, 15) is 13.2 Å². The molecule has 2 aliphatic rings. The Morgan fingerprint density at radius 2 is 1.86 bits per heavy atom. The number of rotatable bonds is 7. The molecule has 0 radical (unpaired) electrons. The molecule has 8 heteroatoms. The van der Waals surface area contributed by atoms with Crippen LogP contribution in [0.25, 0.3) is 0 Å². The lowest BCUT2D eigenvalue weighted by Crippen LogP contribution is -2.32. The Bertz CT molecular complexity index is 826. The lowest BCUT2D eigenvalue weighted by molar-refractivity contribution is 0.0937. The molecule has 154 valence electrons. The molecule has 1 atom stereocenters. The molecule has 7 nitrogen and oxygen atoms in total. The number of nitrogens with one attached hydrogen (secondary N) is 1. The van der Waals surface area contributed by atoms with E-state index in [2.05, 4.69) is 15.3 Å². The van der Waals surface area contributed by atoms with Gasteiger partial charge in [0.15, 0.2) is 9.84 Å². The molecule has 1 amide bonds. The fraction of sp³-hybridized carbons (Fsp3) is 0.650. The number of amides is 1. The highest BCUT2D eigenvalue weighted by Crippen LogP contribution is 2.34. The number of carbonyl (C=O) groups is 1. The Kier molecular flexibility index (Phi) is 6.69. The summed E-state index contributed by atoms with van der Waals surface area (Å²) in [5, 5.41) is 3.86. The van der Waals surface area contributed by atoms with Gasteiger partial charge in [-0.1, -0.05) is 18.9 Å². The van der Waals surface area contributed by atoms with Gasteiger partial charge in [-0.3, -0.25) is 4.79 Å². The molecule has 1 N–H and O–H groups in total. The molecular formula is C20H29N3O4S. The lowest BCUT2D eigenvalue weighted by Gasteiger charge is -2.18. The average Bonchev–Trinajstić information content (AvgIpc) is 3.33. The Morgan fingerprint density at radius 3 is 2.50 bits per heavy atom. The van der Waals surface area contributed by atoms with Crippen molar-refractivity contribution in [3.8, 4) is 5.88 Å². The third kappa shape index (κ3) is 5.77. The number of sulfone groups is 1. The van der Waals surface area contributed by atoms with Gasteiger partial charge in [0.2, 0.25) is 5.88 Å². The summed E-state index contributed by atoms with van der Waals surface area (Å²) in [5.41, 5.74) is 0.299. The first-order valence-electron chi connectivity index (χ1n) is 10.0. The summed E-state index contributed by atoms with van der Waals surface area (Å²) >= 11 is 0. The molecule has 1 aromatic heterocycles. The maximum absolute atomic E-state index is 12.8. The van der Waals surface area contributed by atoms with E-state index >= 15 is 0 Å². The predicted molar refractivity (Wildman–Crippen MR) is 107 cm³/mol. The highest BCUT2D eigenvalue weighted by Gasteiger charge is 2.26. The van der Waals surface area contributed by atoms with Gasteiger partial charge in [-0.25, -0.2) is 13.4 Å². The minimum absolute atomic E-state index is 0.0837. The Hall–Kier alpha value is -1.96. The summed E-state index contributed by atoms with van der Waals surface area (Å²) in [6.07, 6.45) is 12.9. The summed E-state index contributed by atoms with van der Waals surface area (Å²) in [5.74, 6) is 1.07. The van der Waals surface area contributed by atoms with Crippen LogP contribution >= 0.6 is 0 Å². The maximum Gasteiger partial charge on any atom is 0.258 e. The number of hydrogen-bond acceptors (Lipinski definition) is 6. The summed E-state index contributed by atoms with van der Waals surface area (Å²) in [6, 6.07) is -0.448. The van der Waals surface area contributed by atoms with E-state index in [1.165, 1.54) is 18.9 Å². The van der Waals surface area contributed by atoms with Gasteiger partial charge in [0.05, 0.1) is 0 Å². The van der Waals surface area contributed by atoms with Gasteiger partial charge in [-0.2, -0.15) is 4.98 Å². The van der Waals surface area contributed by atoms with E-state index in [-0.39, 0.29) is 12.0 Å². The van der Waals surface area contributed by atoms with Gasteiger partial charge in [-0.05, 0) is 45.4 Å². The molecule has 3 rings (SSSR count). The van der Waals surface area contributed by atoms with Crippen LogP contribution in [-0.2, 0) is 9.84 Å². The summed E-state index contributed by atoms with van der Waals surface area (Å²) in [6.45, 7) is 1.71.